The maximum atomic E-state index is 12.2. The molecule has 0 aliphatic carbocycles. The third-order valence-electron chi connectivity index (χ3n) is 6.98. The average Bonchev–Trinajstić information content (AvgIpc) is 2.92. The molecule has 0 atom stereocenters. The maximum Gasteiger partial charge on any atom is 0.411 e. The Balaban J connectivity index is 2.13. The number of benzene rings is 1. The van der Waals surface area contributed by atoms with Gasteiger partial charge in [0.1, 0.15) is 0 Å². The fourth-order valence-electron chi connectivity index (χ4n) is 4.47. The lowest BCUT2D eigenvalue weighted by Gasteiger charge is -2.16. The van der Waals surface area contributed by atoms with E-state index in [1.165, 1.54) is 64.2 Å². The van der Waals surface area contributed by atoms with Crippen LogP contribution in [0.15, 0.2) is 24.3 Å². The molecule has 0 radical (unpaired) electrons. The standard InChI is InChI=1S/C32H58N4O4/c1-5-7-9-11-13-22-35(3)24-15-17-26-39-31(37)33-29-20-19-21-30(28-29)34-32(38)40-27-18-16-25-36(4)23-14-12-10-8-6-2/h19-21,28H,5-18,22-27H2,1-4H3,(H,33,37)(H,34,38). The van der Waals surface area contributed by atoms with Crippen LogP contribution in [0.5, 0.6) is 0 Å². The first-order chi connectivity index (χ1) is 19.4. The molecule has 0 fully saturated rings. The minimum Gasteiger partial charge on any atom is -0.449 e. The molecule has 0 heterocycles. The van der Waals surface area contributed by atoms with Crippen molar-refractivity contribution < 1.29 is 19.1 Å². The van der Waals surface area contributed by atoms with E-state index in [1.807, 2.05) is 0 Å². The molecule has 0 unspecified atom stereocenters. The van der Waals surface area contributed by atoms with E-state index in [9.17, 15) is 9.59 Å². The molecule has 2 amide bonds. The lowest BCUT2D eigenvalue weighted by atomic mass is 10.1. The minimum absolute atomic E-state index is 0.384. The quantitative estimate of drug-likeness (QED) is 0.124. The Morgan fingerprint density at radius 3 is 1.38 bits per heavy atom. The van der Waals surface area contributed by atoms with Gasteiger partial charge in [-0.1, -0.05) is 71.3 Å². The molecule has 1 aromatic carbocycles. The molecule has 0 aromatic heterocycles. The van der Waals surface area contributed by atoms with Crippen LogP contribution in [0.1, 0.15) is 104 Å². The van der Waals surface area contributed by atoms with Crippen molar-refractivity contribution in [3.8, 4) is 0 Å². The zero-order valence-corrected chi connectivity index (χ0v) is 26.0. The molecule has 40 heavy (non-hydrogen) atoms. The van der Waals surface area contributed by atoms with Crippen molar-refractivity contribution >= 4 is 23.6 Å². The lowest BCUT2D eigenvalue weighted by molar-refractivity contribution is 0.157. The Labute approximate surface area is 244 Å². The number of anilines is 2. The second kappa shape index (κ2) is 24.5. The van der Waals surface area contributed by atoms with Gasteiger partial charge >= 0.3 is 12.2 Å². The summed E-state index contributed by atoms with van der Waals surface area (Å²) in [7, 11) is 4.31. The predicted molar refractivity (Wildman–Crippen MR) is 167 cm³/mol. The molecular formula is C32H58N4O4. The van der Waals surface area contributed by atoms with Crippen LogP contribution in [0.2, 0.25) is 0 Å². The molecule has 1 aromatic rings. The first kappa shape index (κ1) is 35.7. The normalized spacial score (nSPS) is 11.2. The first-order valence-corrected chi connectivity index (χ1v) is 15.8. The second-order valence-corrected chi connectivity index (χ2v) is 11.0. The molecule has 8 nitrogen and oxygen atoms in total. The zero-order chi connectivity index (χ0) is 29.3. The zero-order valence-electron chi connectivity index (χ0n) is 26.0. The van der Waals surface area contributed by atoms with E-state index >= 15 is 0 Å². The van der Waals surface area contributed by atoms with Gasteiger partial charge < -0.3 is 19.3 Å². The Morgan fingerprint density at radius 1 is 0.600 bits per heavy atom. The van der Waals surface area contributed by atoms with Crippen LogP contribution in [0, 0.1) is 0 Å². The van der Waals surface area contributed by atoms with E-state index < -0.39 is 12.2 Å². The summed E-state index contributed by atoms with van der Waals surface area (Å²) in [5.74, 6) is 0. The lowest BCUT2D eigenvalue weighted by Crippen LogP contribution is -2.21. The largest absolute Gasteiger partial charge is 0.449 e. The highest BCUT2D eigenvalue weighted by Gasteiger charge is 2.07. The molecule has 0 spiro atoms. The van der Waals surface area contributed by atoms with Crippen molar-refractivity contribution in [3.05, 3.63) is 24.3 Å². The van der Waals surface area contributed by atoms with Gasteiger partial charge in [0.25, 0.3) is 0 Å². The highest BCUT2D eigenvalue weighted by atomic mass is 16.6. The fraction of sp³-hybridized carbons (Fsp3) is 0.750. The molecule has 1 rings (SSSR count). The van der Waals surface area contributed by atoms with Gasteiger partial charge in [0.05, 0.1) is 13.2 Å². The topological polar surface area (TPSA) is 83.1 Å². The summed E-state index contributed by atoms with van der Waals surface area (Å²) in [5.41, 5.74) is 1.12. The van der Waals surface area contributed by atoms with Crippen LogP contribution in [0.3, 0.4) is 0 Å². The van der Waals surface area contributed by atoms with E-state index in [-0.39, 0.29) is 0 Å². The smallest absolute Gasteiger partial charge is 0.411 e. The van der Waals surface area contributed by atoms with Crippen LogP contribution in [0.4, 0.5) is 21.0 Å². The van der Waals surface area contributed by atoms with Crippen LogP contribution in [-0.2, 0) is 9.47 Å². The van der Waals surface area contributed by atoms with Gasteiger partial charge in [0, 0.05) is 11.4 Å². The molecule has 0 aliphatic rings. The van der Waals surface area contributed by atoms with Crippen molar-refractivity contribution in [1.82, 2.24) is 9.80 Å². The second-order valence-electron chi connectivity index (χ2n) is 11.0. The van der Waals surface area contributed by atoms with Gasteiger partial charge in [-0.15, -0.1) is 0 Å². The third-order valence-corrected chi connectivity index (χ3v) is 6.98. The molecule has 2 N–H and O–H groups in total. The highest BCUT2D eigenvalue weighted by molar-refractivity contribution is 5.88. The summed E-state index contributed by atoms with van der Waals surface area (Å²) in [4.78, 5) is 29.0. The summed E-state index contributed by atoms with van der Waals surface area (Å²) < 4.78 is 10.6. The Bertz CT molecular complexity index is 718. The summed E-state index contributed by atoms with van der Waals surface area (Å²) in [6.45, 7) is 9.52. The van der Waals surface area contributed by atoms with Gasteiger partial charge in [0.15, 0.2) is 0 Å². The van der Waals surface area contributed by atoms with Gasteiger partial charge in [0.2, 0.25) is 0 Å². The number of hydrogen-bond donors (Lipinski definition) is 2. The van der Waals surface area contributed by atoms with Crippen molar-refractivity contribution in [3.63, 3.8) is 0 Å². The fourth-order valence-corrected chi connectivity index (χ4v) is 4.47. The van der Waals surface area contributed by atoms with E-state index in [1.54, 1.807) is 24.3 Å². The Hall–Kier alpha value is -2.32. The van der Waals surface area contributed by atoms with Crippen LogP contribution in [0.25, 0.3) is 0 Å². The van der Waals surface area contributed by atoms with Gasteiger partial charge in [-0.3, -0.25) is 10.6 Å². The van der Waals surface area contributed by atoms with E-state index in [4.69, 9.17) is 9.47 Å². The number of amides is 2. The summed E-state index contributed by atoms with van der Waals surface area (Å²) >= 11 is 0. The van der Waals surface area contributed by atoms with Crippen LogP contribution >= 0.6 is 0 Å². The van der Waals surface area contributed by atoms with Crippen LogP contribution < -0.4 is 10.6 Å². The summed E-state index contributed by atoms with van der Waals surface area (Å²) in [6, 6.07) is 6.97. The molecule has 230 valence electrons. The number of nitrogens with one attached hydrogen (secondary N) is 2. The Morgan fingerprint density at radius 2 is 0.975 bits per heavy atom. The molecular weight excluding hydrogens is 504 g/mol. The predicted octanol–water partition coefficient (Wildman–Crippen LogP) is 8.15. The monoisotopic (exact) mass is 562 g/mol. The number of carbonyl (C=O) groups excluding carboxylic acids is 2. The van der Waals surface area contributed by atoms with E-state index in [0.29, 0.717) is 24.6 Å². The van der Waals surface area contributed by atoms with Crippen LogP contribution in [-0.4, -0.2) is 75.5 Å². The first-order valence-electron chi connectivity index (χ1n) is 15.8. The van der Waals surface area contributed by atoms with Gasteiger partial charge in [-0.05, 0) is 97.0 Å². The summed E-state index contributed by atoms with van der Waals surface area (Å²) in [6.07, 6.45) is 15.6. The number of hydrogen-bond acceptors (Lipinski definition) is 6. The number of ether oxygens (including phenoxy) is 2. The molecule has 8 heteroatoms. The van der Waals surface area contributed by atoms with Crippen molar-refractivity contribution in [2.24, 2.45) is 0 Å². The number of nitrogens with zero attached hydrogens (tertiary/aromatic N) is 2. The molecule has 0 bridgehead atoms. The van der Waals surface area contributed by atoms with Crippen molar-refractivity contribution in [2.45, 2.75) is 104 Å². The molecule has 0 saturated carbocycles. The maximum absolute atomic E-state index is 12.2. The summed E-state index contributed by atoms with van der Waals surface area (Å²) in [5, 5.41) is 5.45. The van der Waals surface area contributed by atoms with E-state index in [0.717, 1.165) is 51.9 Å². The third kappa shape index (κ3) is 20.6. The van der Waals surface area contributed by atoms with Gasteiger partial charge in [-0.25, -0.2) is 9.59 Å². The molecule has 0 saturated heterocycles. The van der Waals surface area contributed by atoms with E-state index in [2.05, 4.69) is 48.4 Å². The number of unbranched alkanes of at least 4 members (excludes halogenated alkanes) is 10. The SMILES string of the molecule is CCCCCCCN(C)CCCCOC(=O)Nc1cccc(NC(=O)OCCCCN(C)CCCCCCC)c1. The number of rotatable bonds is 24. The van der Waals surface area contributed by atoms with Crippen molar-refractivity contribution in [1.29, 1.82) is 0 Å². The Kier molecular flexibility index (Phi) is 21.8. The minimum atomic E-state index is -0.491. The highest BCUT2D eigenvalue weighted by Crippen LogP contribution is 2.16. The molecule has 0 aliphatic heterocycles. The average molecular weight is 563 g/mol. The van der Waals surface area contributed by atoms with Crippen molar-refractivity contribution in [2.75, 3.05) is 64.1 Å². The number of carbonyl (C=O) groups is 2. The van der Waals surface area contributed by atoms with Gasteiger partial charge in [-0.2, -0.15) is 0 Å².